The Morgan fingerprint density at radius 2 is 1.94 bits per heavy atom. The monoisotopic (exact) mass is 324 g/mol. The molecule has 0 aliphatic heterocycles. The summed E-state index contributed by atoms with van der Waals surface area (Å²) in [6.45, 7) is 0. The molecular weight excluding hydrogens is 319 g/mol. The van der Waals surface area contributed by atoms with Crippen LogP contribution in [-0.4, -0.2) is 0 Å². The molecule has 0 atom stereocenters. The summed E-state index contributed by atoms with van der Waals surface area (Å²) in [5.41, 5.74) is 1.65. The first-order valence-electron chi connectivity index (χ1n) is 5.02. The summed E-state index contributed by atoms with van der Waals surface area (Å²) in [6.07, 6.45) is 0. The minimum Gasteiger partial charge on any atom is -0.353 e. The third-order valence-corrected chi connectivity index (χ3v) is 3.11. The van der Waals surface area contributed by atoms with E-state index < -0.39 is 5.82 Å². The van der Waals surface area contributed by atoms with Crippen molar-refractivity contribution in [2.45, 2.75) is 0 Å². The van der Waals surface area contributed by atoms with Gasteiger partial charge in [0.25, 0.3) is 0 Å². The molecule has 0 aliphatic carbocycles. The first-order chi connectivity index (χ1) is 8.60. The molecule has 0 spiro atoms. The molecule has 0 unspecified atom stereocenters. The molecule has 0 aliphatic rings. The first-order valence-corrected chi connectivity index (χ1v) is 6.19. The van der Waals surface area contributed by atoms with Gasteiger partial charge in [-0.1, -0.05) is 27.5 Å². The van der Waals surface area contributed by atoms with Gasteiger partial charge in [0.2, 0.25) is 0 Å². The van der Waals surface area contributed by atoms with Crippen molar-refractivity contribution in [2.75, 3.05) is 5.32 Å². The zero-order valence-corrected chi connectivity index (χ0v) is 11.4. The maximum atomic E-state index is 12.9. The molecule has 0 fully saturated rings. The lowest BCUT2D eigenvalue weighted by Crippen LogP contribution is -1.95. The van der Waals surface area contributed by atoms with Gasteiger partial charge in [0, 0.05) is 4.47 Å². The highest BCUT2D eigenvalue weighted by atomic mass is 79.9. The van der Waals surface area contributed by atoms with Crippen LogP contribution in [-0.2, 0) is 0 Å². The highest BCUT2D eigenvalue weighted by Gasteiger charge is 2.06. The van der Waals surface area contributed by atoms with Gasteiger partial charge in [0.1, 0.15) is 11.9 Å². The van der Waals surface area contributed by atoms with Crippen molar-refractivity contribution >= 4 is 38.9 Å². The zero-order valence-electron chi connectivity index (χ0n) is 9.05. The van der Waals surface area contributed by atoms with Gasteiger partial charge >= 0.3 is 0 Å². The molecule has 5 heteroatoms. The lowest BCUT2D eigenvalue weighted by molar-refractivity contribution is 0.628. The number of hydrogen-bond acceptors (Lipinski definition) is 2. The second kappa shape index (κ2) is 5.38. The van der Waals surface area contributed by atoms with Crippen LogP contribution < -0.4 is 5.32 Å². The molecule has 0 amide bonds. The van der Waals surface area contributed by atoms with Gasteiger partial charge in [-0.3, -0.25) is 0 Å². The van der Waals surface area contributed by atoms with E-state index in [2.05, 4.69) is 27.3 Å². The molecule has 90 valence electrons. The van der Waals surface area contributed by atoms with E-state index in [1.807, 2.05) is 0 Å². The van der Waals surface area contributed by atoms with Gasteiger partial charge in [-0.2, -0.15) is 5.26 Å². The van der Waals surface area contributed by atoms with Crippen molar-refractivity contribution in [3.63, 3.8) is 0 Å². The third kappa shape index (κ3) is 2.81. The van der Waals surface area contributed by atoms with Gasteiger partial charge in [0.15, 0.2) is 0 Å². The first kappa shape index (κ1) is 12.9. The normalized spacial score (nSPS) is 9.89. The van der Waals surface area contributed by atoms with E-state index in [1.165, 1.54) is 18.2 Å². The Hall–Kier alpha value is -1.57. The van der Waals surface area contributed by atoms with Gasteiger partial charge in [-0.25, -0.2) is 4.39 Å². The second-order valence-corrected chi connectivity index (χ2v) is 4.87. The molecule has 2 aromatic rings. The third-order valence-electron chi connectivity index (χ3n) is 2.30. The number of nitrogens with one attached hydrogen (secondary N) is 1. The van der Waals surface area contributed by atoms with Gasteiger partial charge in [-0.05, 0) is 36.4 Å². The van der Waals surface area contributed by atoms with Crippen molar-refractivity contribution in [1.82, 2.24) is 0 Å². The van der Waals surface area contributed by atoms with Crippen molar-refractivity contribution in [1.29, 1.82) is 5.26 Å². The van der Waals surface area contributed by atoms with E-state index in [9.17, 15) is 4.39 Å². The summed E-state index contributed by atoms with van der Waals surface area (Å²) in [6, 6.07) is 11.3. The zero-order chi connectivity index (χ0) is 13.1. The summed E-state index contributed by atoms with van der Waals surface area (Å²) in [5, 5.41) is 12.3. The second-order valence-electron chi connectivity index (χ2n) is 3.55. The maximum absolute atomic E-state index is 12.9. The minimum absolute atomic E-state index is 0.263. The van der Waals surface area contributed by atoms with Gasteiger partial charge in [-0.15, -0.1) is 0 Å². The number of rotatable bonds is 2. The van der Waals surface area contributed by atoms with Crippen LogP contribution in [0.3, 0.4) is 0 Å². The van der Waals surface area contributed by atoms with Crippen LogP contribution >= 0.6 is 27.5 Å². The molecule has 0 radical (unpaired) electrons. The quantitative estimate of drug-likeness (QED) is 0.856. The molecule has 0 heterocycles. The Balaban J connectivity index is 2.40. The highest BCUT2D eigenvalue weighted by Crippen LogP contribution is 2.29. The molecule has 0 saturated carbocycles. The van der Waals surface area contributed by atoms with Crippen LogP contribution in [0.5, 0.6) is 0 Å². The van der Waals surface area contributed by atoms with E-state index in [1.54, 1.807) is 18.2 Å². The topological polar surface area (TPSA) is 35.8 Å². The van der Waals surface area contributed by atoms with Crippen LogP contribution in [0, 0.1) is 17.1 Å². The summed E-state index contributed by atoms with van der Waals surface area (Å²) in [4.78, 5) is 0. The molecule has 1 N–H and O–H groups in total. The largest absolute Gasteiger partial charge is 0.353 e. The number of benzene rings is 2. The number of anilines is 2. The van der Waals surface area contributed by atoms with Gasteiger partial charge < -0.3 is 5.32 Å². The Bertz CT molecular complexity index is 637. The number of nitriles is 1. The van der Waals surface area contributed by atoms with E-state index in [0.29, 0.717) is 16.9 Å². The van der Waals surface area contributed by atoms with Crippen molar-refractivity contribution in [2.24, 2.45) is 0 Å². The molecule has 0 aromatic heterocycles. The molecule has 2 nitrogen and oxygen atoms in total. The minimum atomic E-state index is -0.403. The predicted molar refractivity (Wildman–Crippen MR) is 73.5 cm³/mol. The summed E-state index contributed by atoms with van der Waals surface area (Å²) >= 11 is 9.24. The lowest BCUT2D eigenvalue weighted by atomic mass is 10.2. The fraction of sp³-hybridized carbons (Fsp3) is 0. The SMILES string of the molecule is N#Cc1ccc(Br)cc1Nc1ccc(F)cc1Cl. The number of hydrogen-bond donors (Lipinski definition) is 1. The molecule has 2 aromatic carbocycles. The fourth-order valence-electron chi connectivity index (χ4n) is 1.45. The molecular formula is C13H7BrClFN2. The molecule has 18 heavy (non-hydrogen) atoms. The number of halogens is 3. The Kier molecular flexibility index (Phi) is 3.85. The summed E-state index contributed by atoms with van der Waals surface area (Å²) in [5.74, 6) is -0.403. The van der Waals surface area contributed by atoms with E-state index in [4.69, 9.17) is 16.9 Å². The Labute approximate surface area is 117 Å². The smallest absolute Gasteiger partial charge is 0.124 e. The van der Waals surface area contributed by atoms with Crippen LogP contribution in [0.25, 0.3) is 0 Å². The van der Waals surface area contributed by atoms with E-state index >= 15 is 0 Å². The van der Waals surface area contributed by atoms with Crippen LogP contribution in [0.2, 0.25) is 5.02 Å². The fourth-order valence-corrected chi connectivity index (χ4v) is 2.03. The van der Waals surface area contributed by atoms with Crippen molar-refractivity contribution < 1.29 is 4.39 Å². The lowest BCUT2D eigenvalue weighted by Gasteiger charge is -2.10. The highest BCUT2D eigenvalue weighted by molar-refractivity contribution is 9.10. The average Bonchev–Trinajstić information content (AvgIpc) is 2.33. The molecule has 0 saturated heterocycles. The van der Waals surface area contributed by atoms with Crippen LogP contribution in [0.1, 0.15) is 5.56 Å². The standard InChI is InChI=1S/C13H7BrClFN2/c14-9-2-1-8(7-17)13(5-9)18-12-4-3-10(16)6-11(12)15/h1-6,18H. The number of nitrogens with zero attached hydrogens (tertiary/aromatic N) is 1. The average molecular weight is 326 g/mol. The molecule has 0 bridgehead atoms. The van der Waals surface area contributed by atoms with Gasteiger partial charge in [0.05, 0.1) is 22.0 Å². The van der Waals surface area contributed by atoms with E-state index in [-0.39, 0.29) is 5.02 Å². The van der Waals surface area contributed by atoms with Crippen molar-refractivity contribution in [3.05, 3.63) is 57.3 Å². The van der Waals surface area contributed by atoms with E-state index in [0.717, 1.165) is 4.47 Å². The van der Waals surface area contributed by atoms with Crippen LogP contribution in [0.4, 0.5) is 15.8 Å². The Morgan fingerprint density at radius 3 is 2.61 bits per heavy atom. The van der Waals surface area contributed by atoms with Crippen LogP contribution in [0.15, 0.2) is 40.9 Å². The molecule has 2 rings (SSSR count). The Morgan fingerprint density at radius 1 is 1.17 bits per heavy atom. The summed E-state index contributed by atoms with van der Waals surface area (Å²) < 4.78 is 13.8. The summed E-state index contributed by atoms with van der Waals surface area (Å²) in [7, 11) is 0. The van der Waals surface area contributed by atoms with Crippen molar-refractivity contribution in [3.8, 4) is 6.07 Å². The predicted octanol–water partition coefficient (Wildman–Crippen LogP) is 4.86. The maximum Gasteiger partial charge on any atom is 0.124 e.